The zero-order valence-corrected chi connectivity index (χ0v) is 21.8. The Kier molecular flexibility index (Phi) is 7.64. The van der Waals surface area contributed by atoms with Gasteiger partial charge in [-0.05, 0) is 55.0 Å². The summed E-state index contributed by atoms with van der Waals surface area (Å²) in [6, 6.07) is 23.6. The zero-order chi connectivity index (χ0) is 26.5. The van der Waals surface area contributed by atoms with Crippen LogP contribution in [0.3, 0.4) is 0 Å². The Hall–Kier alpha value is -3.85. The molecule has 0 aromatic heterocycles. The van der Waals surface area contributed by atoms with Crippen LogP contribution in [0.15, 0.2) is 83.8 Å². The van der Waals surface area contributed by atoms with E-state index in [-0.39, 0.29) is 29.7 Å². The van der Waals surface area contributed by atoms with Crippen molar-refractivity contribution in [2.24, 2.45) is 0 Å². The third-order valence-corrected chi connectivity index (χ3v) is 8.68. The van der Waals surface area contributed by atoms with Crippen LogP contribution in [0.5, 0.6) is 5.75 Å². The minimum Gasteiger partial charge on any atom is -0.488 e. The number of aryl methyl sites for hydroxylation is 1. The summed E-state index contributed by atoms with van der Waals surface area (Å²) in [5.74, 6) is 0.327. The van der Waals surface area contributed by atoms with Gasteiger partial charge in [-0.15, -0.1) is 0 Å². The molecule has 2 heterocycles. The van der Waals surface area contributed by atoms with E-state index in [9.17, 15) is 18.0 Å². The van der Waals surface area contributed by atoms with E-state index >= 15 is 0 Å². The maximum Gasteiger partial charge on any atom is 0.410 e. The first-order valence-electron chi connectivity index (χ1n) is 12.8. The molecule has 0 unspecified atom stereocenters. The third-order valence-electron chi connectivity index (χ3n) is 6.84. The molecule has 0 fully saturated rings. The second-order valence-electron chi connectivity index (χ2n) is 9.46. The molecule has 1 atom stereocenters. The number of para-hydroxylation sites is 1. The van der Waals surface area contributed by atoms with Crippen molar-refractivity contribution in [3.63, 3.8) is 0 Å². The van der Waals surface area contributed by atoms with Gasteiger partial charge in [0.05, 0.1) is 12.1 Å². The molecule has 0 N–H and O–H groups in total. The number of ether oxygens (including phenoxy) is 2. The number of nitrogens with zero attached hydrogens (tertiary/aromatic N) is 2. The molecule has 0 bridgehead atoms. The lowest BCUT2D eigenvalue weighted by atomic mass is 10.0. The summed E-state index contributed by atoms with van der Waals surface area (Å²) in [5.41, 5.74) is 2.24. The maximum atomic E-state index is 13.1. The predicted molar refractivity (Wildman–Crippen MR) is 141 cm³/mol. The summed E-state index contributed by atoms with van der Waals surface area (Å²) in [6.07, 6.45) is 1.93. The molecule has 9 heteroatoms. The molecule has 3 aromatic rings. The van der Waals surface area contributed by atoms with E-state index in [0.29, 0.717) is 25.9 Å². The highest BCUT2D eigenvalue weighted by molar-refractivity contribution is 7.90. The summed E-state index contributed by atoms with van der Waals surface area (Å²) in [5, 5.41) is 0. The summed E-state index contributed by atoms with van der Waals surface area (Å²) >= 11 is 0. The Balaban J connectivity index is 1.20. The number of benzene rings is 3. The summed E-state index contributed by atoms with van der Waals surface area (Å²) in [6.45, 7) is 0.915. The Bertz CT molecular complexity index is 1410. The molecular formula is C29H30N2O6S. The lowest BCUT2D eigenvalue weighted by Crippen LogP contribution is -2.42. The zero-order valence-electron chi connectivity index (χ0n) is 21.0. The average Bonchev–Trinajstić information content (AvgIpc) is 3.14. The molecule has 0 radical (unpaired) electrons. The van der Waals surface area contributed by atoms with Gasteiger partial charge in [0.1, 0.15) is 23.4 Å². The molecule has 38 heavy (non-hydrogen) atoms. The molecule has 2 aliphatic heterocycles. The van der Waals surface area contributed by atoms with Gasteiger partial charge in [0.15, 0.2) is 0 Å². The summed E-state index contributed by atoms with van der Waals surface area (Å²) < 4.78 is 38.3. The number of sulfonamides is 1. The second kappa shape index (κ2) is 11.3. The van der Waals surface area contributed by atoms with Crippen LogP contribution in [-0.2, 0) is 27.8 Å². The van der Waals surface area contributed by atoms with E-state index in [0.717, 1.165) is 34.0 Å². The molecule has 5 rings (SSSR count). The van der Waals surface area contributed by atoms with Crippen molar-refractivity contribution in [3.05, 3.63) is 95.6 Å². The number of hydrogen-bond donors (Lipinski definition) is 0. The van der Waals surface area contributed by atoms with Crippen molar-refractivity contribution in [3.8, 4) is 5.75 Å². The number of carbonyl (C=O) groups is 2. The Morgan fingerprint density at radius 3 is 2.53 bits per heavy atom. The largest absolute Gasteiger partial charge is 0.488 e. The Labute approximate surface area is 222 Å². The number of fused-ring (bicyclic) bond motifs is 2. The van der Waals surface area contributed by atoms with Crippen LogP contribution in [0.2, 0.25) is 0 Å². The Morgan fingerprint density at radius 1 is 0.974 bits per heavy atom. The molecule has 198 valence electrons. The van der Waals surface area contributed by atoms with Gasteiger partial charge >= 0.3 is 6.09 Å². The molecule has 3 aromatic carbocycles. The quantitative estimate of drug-likeness (QED) is 0.371. The minimum atomic E-state index is -3.84. The minimum absolute atomic E-state index is 0.0471. The summed E-state index contributed by atoms with van der Waals surface area (Å²) in [7, 11) is -3.84. The molecule has 0 aliphatic carbocycles. The van der Waals surface area contributed by atoms with E-state index in [4.69, 9.17) is 9.47 Å². The van der Waals surface area contributed by atoms with Crippen molar-refractivity contribution in [1.29, 1.82) is 0 Å². The van der Waals surface area contributed by atoms with Crippen molar-refractivity contribution < 1.29 is 27.5 Å². The standard InChI is InChI=1S/C29H30N2O6S/c32-28-25-13-5-7-15-27(25)38(34,35)31(28)19-9-8-18-30(29(33)36-21-22-10-2-1-3-11-22)20-24-17-16-23-12-4-6-14-26(23)37-24/h1-7,10-15,24H,8-9,16-21H2/t24-/m1/s1. The monoisotopic (exact) mass is 534 g/mol. The highest BCUT2D eigenvalue weighted by atomic mass is 32.2. The number of rotatable bonds is 9. The van der Waals surface area contributed by atoms with Crippen molar-refractivity contribution in [1.82, 2.24) is 9.21 Å². The van der Waals surface area contributed by atoms with Gasteiger partial charge in [-0.3, -0.25) is 4.79 Å². The predicted octanol–water partition coefficient (Wildman–Crippen LogP) is 4.64. The SMILES string of the molecule is O=C(OCc1ccccc1)N(CCCCN1C(=O)c2ccccc2S1(=O)=O)C[C@H]1CCc2ccccc2O1. The first-order valence-corrected chi connectivity index (χ1v) is 14.2. The van der Waals surface area contributed by atoms with E-state index in [1.165, 1.54) is 12.1 Å². The number of amides is 2. The van der Waals surface area contributed by atoms with Gasteiger partial charge in [-0.2, -0.15) is 0 Å². The van der Waals surface area contributed by atoms with Crippen LogP contribution in [-0.4, -0.2) is 55.4 Å². The van der Waals surface area contributed by atoms with Crippen molar-refractivity contribution in [2.45, 2.75) is 43.3 Å². The normalized spacial score (nSPS) is 17.3. The van der Waals surface area contributed by atoms with E-state index in [1.807, 2.05) is 54.6 Å². The summed E-state index contributed by atoms with van der Waals surface area (Å²) in [4.78, 5) is 27.4. The van der Waals surface area contributed by atoms with Gasteiger partial charge in [0, 0.05) is 13.1 Å². The highest BCUT2D eigenvalue weighted by Crippen LogP contribution is 2.30. The van der Waals surface area contributed by atoms with Crippen molar-refractivity contribution >= 4 is 22.0 Å². The van der Waals surface area contributed by atoms with Crippen molar-refractivity contribution in [2.75, 3.05) is 19.6 Å². The van der Waals surface area contributed by atoms with Crippen LogP contribution >= 0.6 is 0 Å². The number of unbranched alkanes of at least 4 members (excludes halogenated alkanes) is 1. The van der Waals surface area contributed by atoms with Crippen LogP contribution in [0.1, 0.15) is 40.7 Å². The maximum absolute atomic E-state index is 13.1. The van der Waals surface area contributed by atoms with Gasteiger partial charge in [0.25, 0.3) is 15.9 Å². The molecule has 2 amide bonds. The lowest BCUT2D eigenvalue weighted by Gasteiger charge is -2.31. The fraction of sp³-hybridized carbons (Fsp3) is 0.310. The van der Waals surface area contributed by atoms with Gasteiger partial charge in [0.2, 0.25) is 0 Å². The van der Waals surface area contributed by atoms with Crippen LogP contribution in [0.4, 0.5) is 4.79 Å². The fourth-order valence-corrected chi connectivity index (χ4v) is 6.44. The van der Waals surface area contributed by atoms with Crippen LogP contribution < -0.4 is 4.74 Å². The third kappa shape index (κ3) is 5.52. The smallest absolute Gasteiger partial charge is 0.410 e. The molecule has 2 aliphatic rings. The first kappa shape index (κ1) is 25.8. The lowest BCUT2D eigenvalue weighted by molar-refractivity contribution is 0.0689. The molecule has 8 nitrogen and oxygen atoms in total. The van der Waals surface area contributed by atoms with Gasteiger partial charge < -0.3 is 14.4 Å². The van der Waals surface area contributed by atoms with E-state index < -0.39 is 22.0 Å². The second-order valence-corrected chi connectivity index (χ2v) is 11.3. The highest BCUT2D eigenvalue weighted by Gasteiger charge is 2.40. The first-order chi connectivity index (χ1) is 18.4. The fourth-order valence-electron chi connectivity index (χ4n) is 4.83. The van der Waals surface area contributed by atoms with Gasteiger partial charge in [-0.25, -0.2) is 17.5 Å². The number of hydrogen-bond acceptors (Lipinski definition) is 6. The van der Waals surface area contributed by atoms with Crippen LogP contribution in [0, 0.1) is 0 Å². The Morgan fingerprint density at radius 2 is 1.71 bits per heavy atom. The van der Waals surface area contributed by atoms with Gasteiger partial charge in [-0.1, -0.05) is 60.7 Å². The van der Waals surface area contributed by atoms with E-state index in [2.05, 4.69) is 0 Å². The molecule has 0 spiro atoms. The number of carbonyl (C=O) groups excluding carboxylic acids is 2. The molecule has 0 saturated heterocycles. The average molecular weight is 535 g/mol. The van der Waals surface area contributed by atoms with Crippen LogP contribution in [0.25, 0.3) is 0 Å². The van der Waals surface area contributed by atoms with E-state index in [1.54, 1.807) is 17.0 Å². The topological polar surface area (TPSA) is 93.2 Å². The molecule has 0 saturated carbocycles. The molecular weight excluding hydrogens is 504 g/mol.